The van der Waals surface area contributed by atoms with Crippen molar-refractivity contribution in [2.45, 2.75) is 37.8 Å². The van der Waals surface area contributed by atoms with Gasteiger partial charge in [0.15, 0.2) is 0 Å². The highest BCUT2D eigenvalue weighted by molar-refractivity contribution is 5.95. The van der Waals surface area contributed by atoms with E-state index in [2.05, 4.69) is 130 Å². The van der Waals surface area contributed by atoms with Crippen LogP contribution >= 0.6 is 0 Å². The van der Waals surface area contributed by atoms with Crippen LogP contribution in [0.4, 0.5) is 0 Å². The average molecular weight is 625 g/mol. The molecular weight excluding hydrogens is 589 g/mol. The molecule has 4 N–H and O–H groups in total. The van der Waals surface area contributed by atoms with Gasteiger partial charge in [0.2, 0.25) is 0 Å². The van der Waals surface area contributed by atoms with Crippen molar-refractivity contribution < 1.29 is 0 Å². The van der Waals surface area contributed by atoms with Gasteiger partial charge in [0.1, 0.15) is 11.6 Å². The molecule has 2 fully saturated rings. The fraction of sp³-hybridized carbons (Fsp3) is 0.190. The van der Waals surface area contributed by atoms with Crippen LogP contribution in [-0.4, -0.2) is 33.0 Å². The van der Waals surface area contributed by atoms with Crippen molar-refractivity contribution in [2.24, 2.45) is 0 Å². The van der Waals surface area contributed by atoms with Gasteiger partial charge in [0.05, 0.1) is 34.2 Å². The van der Waals surface area contributed by atoms with Crippen LogP contribution in [-0.2, 0) is 0 Å². The summed E-state index contributed by atoms with van der Waals surface area (Å²) >= 11 is 0. The van der Waals surface area contributed by atoms with Gasteiger partial charge < -0.3 is 20.6 Å². The van der Waals surface area contributed by atoms with Crippen molar-refractivity contribution in [3.63, 3.8) is 0 Å². The minimum Gasteiger partial charge on any atom is -0.341 e. The summed E-state index contributed by atoms with van der Waals surface area (Å²) in [5.41, 5.74) is 11.5. The SMILES string of the molecule is c1cc2cc(-c3ccc4nc([C@@H]5CCCN5)[nH]c4c3)ccc2cc1-c1ccc2cc(-c3ccc4nc([C@@H]5CCCN5)[nH]c4c3)ccc2c1. The summed E-state index contributed by atoms with van der Waals surface area (Å²) in [6.45, 7) is 2.13. The van der Waals surface area contributed by atoms with Crippen LogP contribution in [0, 0.1) is 0 Å². The highest BCUT2D eigenvalue weighted by Crippen LogP contribution is 2.34. The molecule has 8 aromatic rings. The second kappa shape index (κ2) is 11.2. The molecule has 4 heterocycles. The van der Waals surface area contributed by atoms with Crippen LogP contribution in [0.1, 0.15) is 49.4 Å². The molecule has 6 aromatic carbocycles. The van der Waals surface area contributed by atoms with E-state index in [-0.39, 0.29) is 0 Å². The number of nitrogens with one attached hydrogen (secondary N) is 4. The number of hydrogen-bond acceptors (Lipinski definition) is 4. The van der Waals surface area contributed by atoms with Gasteiger partial charge in [0.25, 0.3) is 0 Å². The molecule has 0 unspecified atom stereocenters. The Hall–Kier alpha value is -5.30. The minimum absolute atomic E-state index is 0.340. The number of aromatic nitrogens is 4. The first-order valence-corrected chi connectivity index (χ1v) is 17.3. The van der Waals surface area contributed by atoms with Crippen LogP contribution in [0.25, 0.3) is 77.0 Å². The third-order valence-corrected chi connectivity index (χ3v) is 10.5. The number of nitrogens with zero attached hydrogens (tertiary/aromatic N) is 2. The molecule has 6 heteroatoms. The van der Waals surface area contributed by atoms with E-state index in [1.54, 1.807) is 0 Å². The van der Waals surface area contributed by atoms with Gasteiger partial charge in [-0.25, -0.2) is 9.97 Å². The van der Waals surface area contributed by atoms with Gasteiger partial charge in [-0.05, 0) is 142 Å². The summed E-state index contributed by atoms with van der Waals surface area (Å²) < 4.78 is 0. The Morgan fingerprint density at radius 3 is 1.12 bits per heavy atom. The number of H-pyrrole nitrogens is 2. The van der Waals surface area contributed by atoms with E-state index in [0.717, 1.165) is 59.6 Å². The molecule has 0 spiro atoms. The zero-order chi connectivity index (χ0) is 31.6. The number of benzene rings is 6. The fourth-order valence-electron chi connectivity index (χ4n) is 7.79. The number of aromatic amines is 2. The topological polar surface area (TPSA) is 81.4 Å². The molecule has 2 aliphatic rings. The Morgan fingerprint density at radius 1 is 0.417 bits per heavy atom. The van der Waals surface area contributed by atoms with Crippen molar-refractivity contribution in [3.05, 3.63) is 121 Å². The molecule has 0 aliphatic carbocycles. The van der Waals surface area contributed by atoms with Gasteiger partial charge in [-0.1, -0.05) is 60.7 Å². The van der Waals surface area contributed by atoms with E-state index in [4.69, 9.17) is 9.97 Å². The first-order chi connectivity index (χ1) is 23.7. The lowest BCUT2D eigenvalue weighted by atomic mass is 9.95. The monoisotopic (exact) mass is 624 g/mol. The summed E-state index contributed by atoms with van der Waals surface area (Å²) in [6, 6.07) is 41.0. The second-order valence-electron chi connectivity index (χ2n) is 13.6. The lowest BCUT2D eigenvalue weighted by molar-refractivity contribution is 0.614. The lowest BCUT2D eigenvalue weighted by Gasteiger charge is -2.09. The molecule has 0 bridgehead atoms. The Balaban J connectivity index is 0.913. The van der Waals surface area contributed by atoms with Crippen LogP contribution < -0.4 is 10.6 Å². The summed E-state index contributed by atoms with van der Waals surface area (Å²) in [4.78, 5) is 16.8. The number of fused-ring (bicyclic) bond motifs is 4. The van der Waals surface area contributed by atoms with Crippen LogP contribution in [0.15, 0.2) is 109 Å². The maximum absolute atomic E-state index is 4.85. The molecule has 6 nitrogen and oxygen atoms in total. The summed E-state index contributed by atoms with van der Waals surface area (Å²) in [5, 5.41) is 12.1. The van der Waals surface area contributed by atoms with Crippen LogP contribution in [0.2, 0.25) is 0 Å². The van der Waals surface area contributed by atoms with Gasteiger partial charge in [-0.3, -0.25) is 0 Å². The number of hydrogen-bond donors (Lipinski definition) is 4. The molecule has 2 aromatic heterocycles. The molecule has 2 atom stereocenters. The normalized spacial score (nSPS) is 18.2. The second-order valence-corrected chi connectivity index (χ2v) is 13.6. The van der Waals surface area contributed by atoms with Gasteiger partial charge in [-0.2, -0.15) is 0 Å². The Kier molecular flexibility index (Phi) is 6.45. The summed E-state index contributed by atoms with van der Waals surface area (Å²) in [7, 11) is 0. The van der Waals surface area contributed by atoms with Crippen molar-refractivity contribution in [3.8, 4) is 33.4 Å². The van der Waals surface area contributed by atoms with E-state index in [1.165, 1.54) is 67.8 Å². The number of imidazole rings is 2. The van der Waals surface area contributed by atoms with Gasteiger partial charge >= 0.3 is 0 Å². The average Bonchev–Trinajstić information content (AvgIpc) is 3.97. The number of rotatable bonds is 5. The quantitative estimate of drug-likeness (QED) is 0.154. The van der Waals surface area contributed by atoms with Gasteiger partial charge in [-0.15, -0.1) is 0 Å². The molecule has 48 heavy (non-hydrogen) atoms. The smallest absolute Gasteiger partial charge is 0.124 e. The maximum Gasteiger partial charge on any atom is 0.124 e. The molecule has 234 valence electrons. The maximum atomic E-state index is 4.85. The fourth-order valence-corrected chi connectivity index (χ4v) is 7.79. The molecule has 2 saturated heterocycles. The van der Waals surface area contributed by atoms with Crippen molar-refractivity contribution in [2.75, 3.05) is 13.1 Å². The van der Waals surface area contributed by atoms with Crippen molar-refractivity contribution in [1.82, 2.24) is 30.6 Å². The predicted molar refractivity (Wildman–Crippen MR) is 197 cm³/mol. The Labute approximate surface area is 278 Å². The lowest BCUT2D eigenvalue weighted by Crippen LogP contribution is -2.13. The van der Waals surface area contributed by atoms with Gasteiger partial charge in [0, 0.05) is 0 Å². The predicted octanol–water partition coefficient (Wildman–Crippen LogP) is 9.60. The minimum atomic E-state index is 0.340. The molecule has 10 rings (SSSR count). The zero-order valence-electron chi connectivity index (χ0n) is 26.7. The first kappa shape index (κ1) is 27.8. The zero-order valence-corrected chi connectivity index (χ0v) is 26.7. The van der Waals surface area contributed by atoms with E-state index >= 15 is 0 Å². The van der Waals surface area contributed by atoms with Crippen molar-refractivity contribution >= 4 is 43.6 Å². The molecule has 0 saturated carbocycles. The molecule has 0 amide bonds. The standard InChI is InChI=1S/C42H36N6/c1-3-37(43-17-1)41-45-35-15-13-33(23-39(35)47-41)31-11-9-27-19-25(5-7-29(27)21-31)26-6-8-30-22-32(12-10-28(30)20-26)34-14-16-36-40(24-34)48-42(46-36)38-4-2-18-44-38/h5-16,19-24,37-38,43-44H,1-4,17-18H2,(H,45,47)(H,46,48)/t37-,38-/m0/s1. The van der Waals surface area contributed by atoms with Crippen LogP contribution in [0.3, 0.4) is 0 Å². The highest BCUT2D eigenvalue weighted by Gasteiger charge is 2.21. The summed E-state index contributed by atoms with van der Waals surface area (Å²) in [5.74, 6) is 2.11. The van der Waals surface area contributed by atoms with E-state index in [0.29, 0.717) is 12.1 Å². The summed E-state index contributed by atoms with van der Waals surface area (Å²) in [6.07, 6.45) is 4.70. The van der Waals surface area contributed by atoms with Crippen molar-refractivity contribution in [1.29, 1.82) is 0 Å². The highest BCUT2D eigenvalue weighted by atomic mass is 15.0. The van der Waals surface area contributed by atoms with E-state index < -0.39 is 0 Å². The molecule has 0 radical (unpaired) electrons. The van der Waals surface area contributed by atoms with E-state index in [9.17, 15) is 0 Å². The van der Waals surface area contributed by atoms with E-state index in [1.807, 2.05) is 0 Å². The molecule has 2 aliphatic heterocycles. The third-order valence-electron chi connectivity index (χ3n) is 10.5. The molecular formula is C42H36N6. The van der Waals surface area contributed by atoms with Crippen LogP contribution in [0.5, 0.6) is 0 Å². The Bertz CT molecular complexity index is 2320. The Morgan fingerprint density at radius 2 is 0.771 bits per heavy atom. The first-order valence-electron chi connectivity index (χ1n) is 17.3. The largest absolute Gasteiger partial charge is 0.341 e. The third kappa shape index (κ3) is 4.88.